The van der Waals surface area contributed by atoms with E-state index in [0.717, 1.165) is 32.0 Å². The summed E-state index contributed by atoms with van der Waals surface area (Å²) in [5, 5.41) is 0.702. The molecule has 0 radical (unpaired) electrons. The molecule has 11 heavy (non-hydrogen) atoms. The SMILES string of the molecule is O=CC1CC2CCC(C1)S2=O. The van der Waals surface area contributed by atoms with Crippen LogP contribution in [-0.2, 0) is 15.6 Å². The van der Waals surface area contributed by atoms with Crippen LogP contribution in [0.2, 0.25) is 0 Å². The average Bonchev–Trinajstić information content (AvgIpc) is 2.26. The highest BCUT2D eigenvalue weighted by Crippen LogP contribution is 2.37. The fraction of sp³-hybridized carbons (Fsp3) is 0.875. The predicted octanol–water partition coefficient (Wildman–Crippen LogP) is 0.875. The van der Waals surface area contributed by atoms with Crippen LogP contribution in [0.5, 0.6) is 0 Å². The predicted molar refractivity (Wildman–Crippen MR) is 43.7 cm³/mol. The molecule has 0 aromatic heterocycles. The van der Waals surface area contributed by atoms with E-state index in [1.807, 2.05) is 0 Å². The highest BCUT2D eigenvalue weighted by molar-refractivity contribution is 7.86. The fourth-order valence-electron chi connectivity index (χ4n) is 2.18. The average molecular weight is 172 g/mol. The molecule has 3 heteroatoms. The molecule has 0 aromatic rings. The van der Waals surface area contributed by atoms with Crippen molar-refractivity contribution in [3.8, 4) is 0 Å². The molecule has 2 saturated heterocycles. The highest BCUT2D eigenvalue weighted by Gasteiger charge is 2.40. The van der Waals surface area contributed by atoms with Gasteiger partial charge in [0.1, 0.15) is 6.29 Å². The smallest absolute Gasteiger partial charge is 0.123 e. The molecule has 0 saturated carbocycles. The standard InChI is InChI=1S/C8H12O2S/c9-5-6-3-7-1-2-8(4-6)11(7)10/h5-8H,1-4H2. The number of hydrogen-bond donors (Lipinski definition) is 0. The van der Waals surface area contributed by atoms with Gasteiger partial charge in [-0.1, -0.05) is 0 Å². The molecule has 0 aromatic carbocycles. The van der Waals surface area contributed by atoms with Gasteiger partial charge in [0.05, 0.1) is 0 Å². The van der Waals surface area contributed by atoms with Crippen molar-refractivity contribution in [3.05, 3.63) is 0 Å². The normalized spacial score (nSPS) is 49.1. The maximum absolute atomic E-state index is 11.4. The minimum atomic E-state index is -0.600. The van der Waals surface area contributed by atoms with Crippen LogP contribution < -0.4 is 0 Å². The summed E-state index contributed by atoms with van der Waals surface area (Å²) in [6, 6.07) is 0. The van der Waals surface area contributed by atoms with Crippen molar-refractivity contribution >= 4 is 17.1 Å². The van der Waals surface area contributed by atoms with Crippen molar-refractivity contribution < 1.29 is 9.00 Å². The van der Waals surface area contributed by atoms with Crippen LogP contribution in [0.15, 0.2) is 0 Å². The van der Waals surface area contributed by atoms with Gasteiger partial charge in [-0.25, -0.2) is 0 Å². The lowest BCUT2D eigenvalue weighted by atomic mass is 10.0. The van der Waals surface area contributed by atoms with E-state index in [-0.39, 0.29) is 5.92 Å². The summed E-state index contributed by atoms with van der Waals surface area (Å²) in [4.78, 5) is 10.5. The molecular weight excluding hydrogens is 160 g/mol. The van der Waals surface area contributed by atoms with Gasteiger partial charge in [0.15, 0.2) is 0 Å². The summed E-state index contributed by atoms with van der Waals surface area (Å²) < 4.78 is 11.4. The van der Waals surface area contributed by atoms with Crippen LogP contribution in [0.3, 0.4) is 0 Å². The van der Waals surface area contributed by atoms with Gasteiger partial charge in [0.2, 0.25) is 0 Å². The lowest BCUT2D eigenvalue weighted by Gasteiger charge is -2.22. The van der Waals surface area contributed by atoms with Crippen LogP contribution in [0.25, 0.3) is 0 Å². The molecule has 2 atom stereocenters. The van der Waals surface area contributed by atoms with E-state index < -0.39 is 10.8 Å². The number of carbonyl (C=O) groups is 1. The van der Waals surface area contributed by atoms with Gasteiger partial charge in [-0.05, 0) is 25.7 Å². The molecular formula is C8H12O2S. The van der Waals surface area contributed by atoms with E-state index in [1.165, 1.54) is 0 Å². The number of aldehydes is 1. The molecule has 2 rings (SSSR count). The second-order valence-corrected chi connectivity index (χ2v) is 5.51. The van der Waals surface area contributed by atoms with Crippen LogP contribution in [0.1, 0.15) is 25.7 Å². The minimum Gasteiger partial charge on any atom is -0.303 e. The summed E-state index contributed by atoms with van der Waals surface area (Å²) in [5.41, 5.74) is 0. The summed E-state index contributed by atoms with van der Waals surface area (Å²) in [6.07, 6.45) is 4.98. The number of fused-ring (bicyclic) bond motifs is 2. The Morgan fingerprint density at radius 1 is 1.18 bits per heavy atom. The quantitative estimate of drug-likeness (QED) is 0.550. The maximum Gasteiger partial charge on any atom is 0.123 e. The molecule has 2 aliphatic rings. The van der Waals surface area contributed by atoms with Crippen LogP contribution in [0.4, 0.5) is 0 Å². The zero-order valence-electron chi connectivity index (χ0n) is 6.36. The number of rotatable bonds is 1. The van der Waals surface area contributed by atoms with E-state index in [0.29, 0.717) is 10.5 Å². The van der Waals surface area contributed by atoms with Crippen molar-refractivity contribution in [2.75, 3.05) is 0 Å². The van der Waals surface area contributed by atoms with Crippen LogP contribution >= 0.6 is 0 Å². The Bertz CT molecular complexity index is 186. The molecule has 2 fully saturated rings. The molecule has 2 unspecified atom stereocenters. The topological polar surface area (TPSA) is 34.1 Å². The second-order valence-electron chi connectivity index (χ2n) is 3.52. The van der Waals surface area contributed by atoms with E-state index in [2.05, 4.69) is 0 Å². The first kappa shape index (κ1) is 7.47. The van der Waals surface area contributed by atoms with Crippen LogP contribution in [-0.4, -0.2) is 21.0 Å². The van der Waals surface area contributed by atoms with Crippen molar-refractivity contribution in [1.82, 2.24) is 0 Å². The first-order chi connectivity index (χ1) is 5.31. The second kappa shape index (κ2) is 2.70. The van der Waals surface area contributed by atoms with Crippen molar-refractivity contribution in [2.45, 2.75) is 36.2 Å². The van der Waals surface area contributed by atoms with E-state index in [4.69, 9.17) is 0 Å². The minimum absolute atomic E-state index is 0.213. The largest absolute Gasteiger partial charge is 0.303 e. The Morgan fingerprint density at radius 3 is 2.18 bits per heavy atom. The summed E-state index contributed by atoms with van der Waals surface area (Å²) in [6.45, 7) is 0. The molecule has 2 nitrogen and oxygen atoms in total. The van der Waals surface area contributed by atoms with Gasteiger partial charge in [0.25, 0.3) is 0 Å². The molecule has 2 aliphatic heterocycles. The first-order valence-electron chi connectivity index (χ1n) is 4.16. The van der Waals surface area contributed by atoms with Crippen molar-refractivity contribution in [3.63, 3.8) is 0 Å². The number of hydrogen-bond acceptors (Lipinski definition) is 2. The summed E-state index contributed by atoms with van der Waals surface area (Å²) in [7, 11) is -0.600. The zero-order valence-corrected chi connectivity index (χ0v) is 7.18. The Balaban J connectivity index is 2.13. The third-order valence-electron chi connectivity index (χ3n) is 2.79. The summed E-state index contributed by atoms with van der Waals surface area (Å²) >= 11 is 0. The van der Waals surface area contributed by atoms with Gasteiger partial charge in [0, 0.05) is 27.2 Å². The molecule has 0 spiro atoms. The molecule has 62 valence electrons. The zero-order chi connectivity index (χ0) is 7.84. The summed E-state index contributed by atoms with van der Waals surface area (Å²) in [5.74, 6) is 0.213. The van der Waals surface area contributed by atoms with E-state index >= 15 is 0 Å². The van der Waals surface area contributed by atoms with E-state index in [9.17, 15) is 9.00 Å². The maximum atomic E-state index is 11.4. The lowest BCUT2D eigenvalue weighted by molar-refractivity contribution is -0.111. The van der Waals surface area contributed by atoms with Gasteiger partial charge < -0.3 is 4.79 Å². The van der Waals surface area contributed by atoms with Gasteiger partial charge in [-0.15, -0.1) is 0 Å². The van der Waals surface area contributed by atoms with E-state index in [1.54, 1.807) is 0 Å². The third kappa shape index (κ3) is 1.15. The van der Waals surface area contributed by atoms with Crippen LogP contribution in [0, 0.1) is 5.92 Å². The monoisotopic (exact) mass is 172 g/mol. The lowest BCUT2D eigenvalue weighted by Crippen LogP contribution is -2.28. The molecule has 0 aliphatic carbocycles. The van der Waals surface area contributed by atoms with Gasteiger partial charge >= 0.3 is 0 Å². The Morgan fingerprint density at radius 2 is 1.73 bits per heavy atom. The number of carbonyl (C=O) groups excluding carboxylic acids is 1. The van der Waals surface area contributed by atoms with Crippen molar-refractivity contribution in [1.29, 1.82) is 0 Å². The Labute approximate surface area is 68.8 Å². The van der Waals surface area contributed by atoms with Gasteiger partial charge in [-0.2, -0.15) is 0 Å². The fourth-order valence-corrected chi connectivity index (χ4v) is 4.34. The highest BCUT2D eigenvalue weighted by atomic mass is 32.2. The molecule has 2 heterocycles. The first-order valence-corrected chi connectivity index (χ1v) is 5.43. The van der Waals surface area contributed by atoms with Gasteiger partial charge in [-0.3, -0.25) is 4.21 Å². The van der Waals surface area contributed by atoms with Crippen molar-refractivity contribution in [2.24, 2.45) is 5.92 Å². The molecule has 0 N–H and O–H groups in total. The molecule has 0 amide bonds. The Kier molecular flexibility index (Phi) is 1.83. The Hall–Kier alpha value is -0.180. The third-order valence-corrected chi connectivity index (χ3v) is 4.96. The molecule has 2 bridgehead atoms.